The Labute approximate surface area is 109 Å². The first-order chi connectivity index (χ1) is 8.77. The summed E-state index contributed by atoms with van der Waals surface area (Å²) in [5.41, 5.74) is 1.45. The van der Waals surface area contributed by atoms with Crippen molar-refractivity contribution in [3.8, 4) is 0 Å². The van der Waals surface area contributed by atoms with E-state index in [0.717, 1.165) is 12.8 Å². The molecule has 1 aliphatic rings. The number of hydrogen-bond acceptors (Lipinski definition) is 2. The summed E-state index contributed by atoms with van der Waals surface area (Å²) in [5.74, 6) is 0. The fraction of sp³-hybridized carbons (Fsp3) is 0.500. The van der Waals surface area contributed by atoms with Gasteiger partial charge in [-0.3, -0.25) is 0 Å². The van der Waals surface area contributed by atoms with Crippen LogP contribution >= 0.6 is 0 Å². The molecule has 1 atom stereocenters. The molecule has 0 amide bonds. The molecular weight excluding hydrogens is 224 g/mol. The molecule has 0 aliphatic heterocycles. The molecular formula is C16H22O2. The molecule has 1 N–H and O–H groups in total. The van der Waals surface area contributed by atoms with E-state index >= 15 is 0 Å². The van der Waals surface area contributed by atoms with E-state index < -0.39 is 6.29 Å². The summed E-state index contributed by atoms with van der Waals surface area (Å²) < 4.78 is 5.15. The van der Waals surface area contributed by atoms with Crippen molar-refractivity contribution in [2.75, 3.05) is 6.61 Å². The lowest BCUT2D eigenvalue weighted by Crippen LogP contribution is -2.20. The molecule has 2 rings (SSSR count). The van der Waals surface area contributed by atoms with Gasteiger partial charge in [0.2, 0.25) is 0 Å². The highest BCUT2D eigenvalue weighted by Gasteiger charge is 2.32. The van der Waals surface area contributed by atoms with Crippen molar-refractivity contribution >= 4 is 0 Å². The van der Waals surface area contributed by atoms with Crippen molar-refractivity contribution in [1.29, 1.82) is 0 Å². The van der Waals surface area contributed by atoms with Crippen molar-refractivity contribution in [3.05, 3.63) is 48.0 Å². The number of benzene rings is 1. The summed E-state index contributed by atoms with van der Waals surface area (Å²) in [5, 5.41) is 9.66. The van der Waals surface area contributed by atoms with E-state index in [4.69, 9.17) is 4.74 Å². The van der Waals surface area contributed by atoms with Crippen molar-refractivity contribution in [2.45, 2.75) is 44.3 Å². The van der Waals surface area contributed by atoms with E-state index in [1.807, 2.05) is 13.0 Å². The Balaban J connectivity index is 2.18. The zero-order valence-electron chi connectivity index (χ0n) is 11.0. The normalized spacial score (nSPS) is 20.3. The Hall–Kier alpha value is -1.12. The van der Waals surface area contributed by atoms with Crippen LogP contribution < -0.4 is 0 Å². The predicted octanol–water partition coefficient (Wildman–Crippen LogP) is 3.41. The maximum Gasteiger partial charge on any atom is 0.174 e. The Bertz CT molecular complexity index is 377. The van der Waals surface area contributed by atoms with Gasteiger partial charge in [-0.15, -0.1) is 0 Å². The number of aliphatic hydroxyl groups excluding tert-OH is 1. The smallest absolute Gasteiger partial charge is 0.174 e. The molecule has 0 saturated heterocycles. The third kappa shape index (κ3) is 3.01. The predicted molar refractivity (Wildman–Crippen MR) is 73.4 cm³/mol. The molecule has 1 aliphatic carbocycles. The van der Waals surface area contributed by atoms with E-state index in [0.29, 0.717) is 6.61 Å². The van der Waals surface area contributed by atoms with E-state index in [-0.39, 0.29) is 5.41 Å². The molecule has 0 spiro atoms. The molecule has 2 heteroatoms. The molecule has 0 heterocycles. The van der Waals surface area contributed by atoms with Crippen LogP contribution in [-0.4, -0.2) is 18.0 Å². The zero-order valence-corrected chi connectivity index (χ0v) is 11.0. The van der Waals surface area contributed by atoms with Crippen LogP contribution in [0.25, 0.3) is 0 Å². The lowest BCUT2D eigenvalue weighted by molar-refractivity contribution is -0.0590. The second-order valence-electron chi connectivity index (χ2n) is 4.93. The minimum absolute atomic E-state index is 0.0966. The van der Waals surface area contributed by atoms with Gasteiger partial charge in [-0.05, 0) is 31.4 Å². The number of aliphatic hydroxyl groups is 1. The first-order valence-electron chi connectivity index (χ1n) is 6.81. The van der Waals surface area contributed by atoms with Crippen LogP contribution in [0.1, 0.15) is 38.2 Å². The number of hydrogen-bond donors (Lipinski definition) is 1. The highest BCUT2D eigenvalue weighted by Crippen LogP contribution is 2.42. The molecule has 1 aromatic carbocycles. The largest absolute Gasteiger partial charge is 0.365 e. The second kappa shape index (κ2) is 6.17. The molecule has 0 bridgehead atoms. The van der Waals surface area contributed by atoms with Crippen molar-refractivity contribution in [1.82, 2.24) is 0 Å². The van der Waals surface area contributed by atoms with Gasteiger partial charge >= 0.3 is 0 Å². The monoisotopic (exact) mass is 246 g/mol. The van der Waals surface area contributed by atoms with Gasteiger partial charge in [-0.25, -0.2) is 0 Å². The highest BCUT2D eigenvalue weighted by atomic mass is 16.6. The van der Waals surface area contributed by atoms with Crippen LogP contribution in [-0.2, 0) is 10.2 Å². The van der Waals surface area contributed by atoms with Crippen molar-refractivity contribution in [3.63, 3.8) is 0 Å². The second-order valence-corrected chi connectivity index (χ2v) is 4.93. The molecule has 2 nitrogen and oxygen atoms in total. The lowest BCUT2D eigenvalue weighted by Gasteiger charge is -2.26. The summed E-state index contributed by atoms with van der Waals surface area (Å²) in [7, 11) is 0. The molecule has 1 unspecified atom stereocenters. The SMILES string of the molecule is CCOC(O)/C=C/C1(c2ccccc2)CCCC1. The van der Waals surface area contributed by atoms with Gasteiger partial charge in [0, 0.05) is 12.0 Å². The van der Waals surface area contributed by atoms with Crippen LogP contribution in [0.2, 0.25) is 0 Å². The number of allylic oxidation sites excluding steroid dienone is 1. The average molecular weight is 246 g/mol. The Morgan fingerprint density at radius 1 is 1.28 bits per heavy atom. The van der Waals surface area contributed by atoms with E-state index in [1.54, 1.807) is 6.08 Å². The fourth-order valence-corrected chi connectivity index (χ4v) is 2.82. The first kappa shape index (κ1) is 13.3. The number of rotatable bonds is 5. The third-order valence-electron chi connectivity index (χ3n) is 3.76. The minimum atomic E-state index is -0.781. The van der Waals surface area contributed by atoms with Gasteiger partial charge in [-0.1, -0.05) is 49.2 Å². The van der Waals surface area contributed by atoms with Crippen molar-refractivity contribution < 1.29 is 9.84 Å². The highest BCUT2D eigenvalue weighted by molar-refractivity contribution is 5.32. The summed E-state index contributed by atoms with van der Waals surface area (Å²) in [6.07, 6.45) is 7.99. The summed E-state index contributed by atoms with van der Waals surface area (Å²) in [6, 6.07) is 10.6. The lowest BCUT2D eigenvalue weighted by atomic mass is 9.78. The van der Waals surface area contributed by atoms with Gasteiger partial charge in [0.1, 0.15) is 0 Å². The molecule has 0 radical (unpaired) electrons. The van der Waals surface area contributed by atoms with E-state index in [1.165, 1.54) is 18.4 Å². The third-order valence-corrected chi connectivity index (χ3v) is 3.76. The summed E-state index contributed by atoms with van der Waals surface area (Å²) >= 11 is 0. The molecule has 1 fully saturated rings. The number of ether oxygens (including phenoxy) is 1. The zero-order chi connectivity index (χ0) is 12.8. The molecule has 1 aromatic rings. The van der Waals surface area contributed by atoms with Crippen LogP contribution in [0, 0.1) is 0 Å². The Morgan fingerprint density at radius 3 is 2.56 bits per heavy atom. The van der Waals surface area contributed by atoms with Gasteiger partial charge in [0.25, 0.3) is 0 Å². The summed E-state index contributed by atoms with van der Waals surface area (Å²) in [6.45, 7) is 2.42. The van der Waals surface area contributed by atoms with Crippen LogP contribution in [0.15, 0.2) is 42.5 Å². The maximum atomic E-state index is 9.66. The molecule has 0 aromatic heterocycles. The van der Waals surface area contributed by atoms with Crippen LogP contribution in [0.4, 0.5) is 0 Å². The van der Waals surface area contributed by atoms with Gasteiger partial charge in [0.05, 0.1) is 0 Å². The fourth-order valence-electron chi connectivity index (χ4n) is 2.82. The summed E-state index contributed by atoms with van der Waals surface area (Å²) in [4.78, 5) is 0. The van der Waals surface area contributed by atoms with Gasteiger partial charge in [-0.2, -0.15) is 0 Å². The quantitative estimate of drug-likeness (QED) is 0.637. The standard InChI is InChI=1S/C16H22O2/c1-2-18-15(17)10-13-16(11-6-7-12-16)14-8-4-3-5-9-14/h3-5,8-10,13,15,17H,2,6-7,11-12H2,1H3/b13-10+. The van der Waals surface area contributed by atoms with Crippen LogP contribution in [0.5, 0.6) is 0 Å². The maximum absolute atomic E-state index is 9.66. The van der Waals surface area contributed by atoms with Crippen molar-refractivity contribution in [2.24, 2.45) is 0 Å². The average Bonchev–Trinajstić information content (AvgIpc) is 2.88. The van der Waals surface area contributed by atoms with E-state index in [9.17, 15) is 5.11 Å². The molecule has 98 valence electrons. The van der Waals surface area contributed by atoms with Gasteiger partial charge in [0.15, 0.2) is 6.29 Å². The molecule has 18 heavy (non-hydrogen) atoms. The Kier molecular flexibility index (Phi) is 4.56. The molecule has 1 saturated carbocycles. The topological polar surface area (TPSA) is 29.5 Å². The van der Waals surface area contributed by atoms with E-state index in [2.05, 4.69) is 30.3 Å². The van der Waals surface area contributed by atoms with Crippen LogP contribution in [0.3, 0.4) is 0 Å². The Morgan fingerprint density at radius 2 is 1.94 bits per heavy atom. The van der Waals surface area contributed by atoms with Gasteiger partial charge < -0.3 is 9.84 Å². The minimum Gasteiger partial charge on any atom is -0.365 e. The first-order valence-corrected chi connectivity index (χ1v) is 6.81.